The first-order chi connectivity index (χ1) is 6.45. The molecule has 2 heteroatoms. The predicted octanol–water partition coefficient (Wildman–Crippen LogP) is 2.09. The minimum absolute atomic E-state index is 0.311. The van der Waals surface area contributed by atoms with E-state index in [2.05, 4.69) is 32.6 Å². The van der Waals surface area contributed by atoms with Crippen LogP contribution in [0.15, 0.2) is 0 Å². The average Bonchev–Trinajstić information content (AvgIpc) is 2.02. The molecule has 0 radical (unpaired) electrons. The molecule has 0 aromatic rings. The van der Waals surface area contributed by atoms with Crippen molar-refractivity contribution >= 4 is 0 Å². The molecule has 1 rings (SSSR count). The molecule has 0 bridgehead atoms. The maximum absolute atomic E-state index is 5.89. The Hall–Kier alpha value is -0.0800. The summed E-state index contributed by atoms with van der Waals surface area (Å²) < 4.78 is 0. The zero-order valence-electron chi connectivity index (χ0n) is 10.2. The molecule has 0 aliphatic carbocycles. The molecule has 2 nitrogen and oxygen atoms in total. The van der Waals surface area contributed by atoms with Gasteiger partial charge in [-0.2, -0.15) is 0 Å². The number of piperidine rings is 1. The van der Waals surface area contributed by atoms with Gasteiger partial charge in [0.25, 0.3) is 0 Å². The Labute approximate surface area is 88.8 Å². The molecule has 0 saturated carbocycles. The Morgan fingerprint density at radius 3 is 2.50 bits per heavy atom. The van der Waals surface area contributed by atoms with E-state index in [1.165, 1.54) is 25.9 Å². The second kappa shape index (κ2) is 4.63. The molecule has 0 amide bonds. The monoisotopic (exact) mass is 198 g/mol. The third-order valence-electron chi connectivity index (χ3n) is 3.35. The minimum atomic E-state index is 0.311. The molecule has 1 aliphatic heterocycles. The van der Waals surface area contributed by atoms with E-state index in [1.54, 1.807) is 0 Å². The van der Waals surface area contributed by atoms with Gasteiger partial charge in [-0.25, -0.2) is 0 Å². The van der Waals surface area contributed by atoms with Gasteiger partial charge in [-0.05, 0) is 30.7 Å². The Bertz CT molecular complexity index is 172. The zero-order chi connectivity index (χ0) is 10.8. The highest BCUT2D eigenvalue weighted by atomic mass is 15.2. The van der Waals surface area contributed by atoms with E-state index in [4.69, 9.17) is 5.73 Å². The Kier molecular flexibility index (Phi) is 3.96. The van der Waals surface area contributed by atoms with Crippen LogP contribution in [0.5, 0.6) is 0 Å². The average molecular weight is 198 g/mol. The van der Waals surface area contributed by atoms with Gasteiger partial charge in [0.2, 0.25) is 0 Å². The molecule has 14 heavy (non-hydrogen) atoms. The van der Waals surface area contributed by atoms with E-state index in [1.807, 2.05) is 0 Å². The normalized spacial score (nSPS) is 27.6. The zero-order valence-corrected chi connectivity index (χ0v) is 10.2. The lowest BCUT2D eigenvalue weighted by atomic mass is 9.84. The first-order valence-electron chi connectivity index (χ1n) is 5.89. The van der Waals surface area contributed by atoms with Crippen LogP contribution in [0.3, 0.4) is 0 Å². The fourth-order valence-electron chi connectivity index (χ4n) is 2.56. The summed E-state index contributed by atoms with van der Waals surface area (Å²) in [6.07, 6.45) is 2.73. The summed E-state index contributed by atoms with van der Waals surface area (Å²) in [5, 5.41) is 0. The molecule has 1 fully saturated rings. The second-order valence-electron chi connectivity index (χ2n) is 5.86. The number of likely N-dealkylation sites (tertiary alicyclic amines) is 1. The summed E-state index contributed by atoms with van der Waals surface area (Å²) >= 11 is 0. The molecule has 1 aliphatic rings. The lowest BCUT2D eigenvalue weighted by molar-refractivity contribution is 0.0661. The Morgan fingerprint density at radius 2 is 2.07 bits per heavy atom. The molecule has 0 aromatic carbocycles. The largest absolute Gasteiger partial charge is 0.329 e. The quantitative estimate of drug-likeness (QED) is 0.736. The van der Waals surface area contributed by atoms with Crippen LogP contribution in [0.1, 0.15) is 40.5 Å². The van der Waals surface area contributed by atoms with Crippen molar-refractivity contribution in [2.24, 2.45) is 17.1 Å². The molecule has 1 saturated heterocycles. The van der Waals surface area contributed by atoms with Crippen LogP contribution in [0.4, 0.5) is 0 Å². The third-order valence-corrected chi connectivity index (χ3v) is 3.35. The van der Waals surface area contributed by atoms with Gasteiger partial charge in [-0.3, -0.25) is 4.90 Å². The van der Waals surface area contributed by atoms with Gasteiger partial charge < -0.3 is 5.73 Å². The van der Waals surface area contributed by atoms with Crippen molar-refractivity contribution in [1.29, 1.82) is 0 Å². The van der Waals surface area contributed by atoms with Crippen LogP contribution < -0.4 is 5.73 Å². The number of rotatable bonds is 2. The second-order valence-corrected chi connectivity index (χ2v) is 5.86. The van der Waals surface area contributed by atoms with Gasteiger partial charge in [-0.15, -0.1) is 0 Å². The SMILES string of the molecule is CC1CCCN(C(CN)C(C)(C)C)C1. The van der Waals surface area contributed by atoms with Crippen molar-refractivity contribution in [3.63, 3.8) is 0 Å². The Balaban J connectivity index is 2.60. The Morgan fingerprint density at radius 1 is 1.43 bits per heavy atom. The van der Waals surface area contributed by atoms with Gasteiger partial charge in [0.05, 0.1) is 0 Å². The van der Waals surface area contributed by atoms with E-state index in [0.717, 1.165) is 12.5 Å². The summed E-state index contributed by atoms with van der Waals surface area (Å²) in [5.41, 5.74) is 6.20. The fourth-order valence-corrected chi connectivity index (χ4v) is 2.56. The number of nitrogens with two attached hydrogens (primary N) is 1. The van der Waals surface area contributed by atoms with Gasteiger partial charge in [0.15, 0.2) is 0 Å². The van der Waals surface area contributed by atoms with Crippen molar-refractivity contribution in [2.45, 2.75) is 46.6 Å². The summed E-state index contributed by atoms with van der Waals surface area (Å²) in [4.78, 5) is 2.59. The first-order valence-corrected chi connectivity index (χ1v) is 5.89. The topological polar surface area (TPSA) is 29.3 Å². The summed E-state index contributed by atoms with van der Waals surface area (Å²) in [6, 6.07) is 0.547. The van der Waals surface area contributed by atoms with E-state index in [0.29, 0.717) is 11.5 Å². The molecular weight excluding hydrogens is 172 g/mol. The van der Waals surface area contributed by atoms with E-state index < -0.39 is 0 Å². The molecular formula is C12H26N2. The van der Waals surface area contributed by atoms with Crippen LogP contribution in [0.25, 0.3) is 0 Å². The lowest BCUT2D eigenvalue weighted by Gasteiger charge is -2.43. The van der Waals surface area contributed by atoms with Crippen molar-refractivity contribution < 1.29 is 0 Å². The van der Waals surface area contributed by atoms with Crippen molar-refractivity contribution in [1.82, 2.24) is 4.90 Å². The van der Waals surface area contributed by atoms with Crippen LogP contribution in [-0.2, 0) is 0 Å². The van der Waals surface area contributed by atoms with Crippen molar-refractivity contribution in [3.8, 4) is 0 Å². The molecule has 2 unspecified atom stereocenters. The number of nitrogens with zero attached hydrogens (tertiary/aromatic N) is 1. The third kappa shape index (κ3) is 2.96. The predicted molar refractivity (Wildman–Crippen MR) is 62.3 cm³/mol. The highest BCUT2D eigenvalue weighted by Crippen LogP contribution is 2.27. The lowest BCUT2D eigenvalue weighted by Crippen LogP contribution is -2.51. The number of hydrogen-bond donors (Lipinski definition) is 1. The van der Waals surface area contributed by atoms with Gasteiger partial charge in [0, 0.05) is 19.1 Å². The molecule has 0 spiro atoms. The maximum atomic E-state index is 5.89. The van der Waals surface area contributed by atoms with Crippen molar-refractivity contribution in [2.75, 3.05) is 19.6 Å². The molecule has 2 atom stereocenters. The smallest absolute Gasteiger partial charge is 0.0266 e. The van der Waals surface area contributed by atoms with Crippen LogP contribution in [0.2, 0.25) is 0 Å². The van der Waals surface area contributed by atoms with Crippen LogP contribution >= 0.6 is 0 Å². The molecule has 1 heterocycles. The maximum Gasteiger partial charge on any atom is 0.0266 e. The standard InChI is InChI=1S/C12H26N2/c1-10-6-5-7-14(9-10)11(8-13)12(2,3)4/h10-11H,5-9,13H2,1-4H3. The van der Waals surface area contributed by atoms with Crippen LogP contribution in [-0.4, -0.2) is 30.6 Å². The molecule has 2 N–H and O–H groups in total. The fraction of sp³-hybridized carbons (Fsp3) is 1.00. The highest BCUT2D eigenvalue weighted by Gasteiger charge is 2.31. The molecule has 84 valence electrons. The first kappa shape index (κ1) is 12.0. The van der Waals surface area contributed by atoms with Gasteiger partial charge >= 0.3 is 0 Å². The summed E-state index contributed by atoms with van der Waals surface area (Å²) in [5.74, 6) is 0.847. The minimum Gasteiger partial charge on any atom is -0.329 e. The van der Waals surface area contributed by atoms with Crippen molar-refractivity contribution in [3.05, 3.63) is 0 Å². The van der Waals surface area contributed by atoms with E-state index >= 15 is 0 Å². The highest BCUT2D eigenvalue weighted by molar-refractivity contribution is 4.86. The summed E-state index contributed by atoms with van der Waals surface area (Å²) in [7, 11) is 0. The van der Waals surface area contributed by atoms with Crippen LogP contribution in [0, 0.1) is 11.3 Å². The number of hydrogen-bond acceptors (Lipinski definition) is 2. The van der Waals surface area contributed by atoms with E-state index in [9.17, 15) is 0 Å². The molecule has 0 aromatic heterocycles. The summed E-state index contributed by atoms with van der Waals surface area (Å²) in [6.45, 7) is 12.5. The van der Waals surface area contributed by atoms with Gasteiger partial charge in [0.1, 0.15) is 0 Å². The van der Waals surface area contributed by atoms with Gasteiger partial charge in [-0.1, -0.05) is 27.7 Å². The van der Waals surface area contributed by atoms with E-state index in [-0.39, 0.29) is 0 Å².